The molecule has 31 heavy (non-hydrogen) atoms. The first-order valence-electron chi connectivity index (χ1n) is 10.8. The molecular weight excluding hydrogens is 406 g/mol. The van der Waals surface area contributed by atoms with Crippen molar-refractivity contribution < 1.29 is 28.2 Å². The van der Waals surface area contributed by atoms with E-state index >= 15 is 0 Å². The third-order valence-electron chi connectivity index (χ3n) is 5.97. The number of ether oxygens (including phenoxy) is 2. The molecule has 3 rings (SSSR count). The Morgan fingerprint density at radius 1 is 1.23 bits per heavy atom. The fourth-order valence-corrected chi connectivity index (χ4v) is 4.07. The van der Waals surface area contributed by atoms with E-state index in [9.17, 15) is 18.7 Å². The molecule has 1 aliphatic carbocycles. The maximum atomic E-state index is 13.8. The third kappa shape index (κ3) is 6.32. The molecule has 1 heterocycles. The Hall–Kier alpha value is -2.35. The Bertz CT molecular complexity index is 767. The Morgan fingerprint density at radius 2 is 1.84 bits per heavy atom. The van der Waals surface area contributed by atoms with Gasteiger partial charge in [-0.05, 0) is 57.6 Å². The van der Waals surface area contributed by atoms with E-state index in [-0.39, 0.29) is 35.6 Å². The van der Waals surface area contributed by atoms with Gasteiger partial charge < -0.3 is 24.8 Å². The molecule has 6 nitrogen and oxygen atoms in total. The topological polar surface area (TPSA) is 71.0 Å². The number of para-hydroxylation sites is 2. The van der Waals surface area contributed by atoms with Gasteiger partial charge in [0.15, 0.2) is 11.5 Å². The molecule has 1 aromatic carbocycles. The number of benzene rings is 1. The first-order valence-corrected chi connectivity index (χ1v) is 10.8. The van der Waals surface area contributed by atoms with Crippen LogP contribution in [0.2, 0.25) is 0 Å². The monoisotopic (exact) mass is 438 g/mol. The van der Waals surface area contributed by atoms with E-state index in [1.165, 1.54) is 6.07 Å². The van der Waals surface area contributed by atoms with Crippen molar-refractivity contribution in [1.29, 1.82) is 0 Å². The smallest absolute Gasteiger partial charge is 0.401 e. The highest BCUT2D eigenvalue weighted by molar-refractivity contribution is 5.75. The molecule has 0 aromatic heterocycles. The molecule has 2 aliphatic rings. The molecule has 2 amide bonds. The Labute approximate surface area is 182 Å². The second-order valence-corrected chi connectivity index (χ2v) is 8.98. The number of amides is 2. The molecular formula is C23H32F2N2O4. The van der Waals surface area contributed by atoms with E-state index in [0.717, 1.165) is 31.8 Å². The fourth-order valence-electron chi connectivity index (χ4n) is 4.07. The van der Waals surface area contributed by atoms with Crippen LogP contribution in [0, 0.1) is 5.92 Å². The maximum absolute atomic E-state index is 13.8. The summed E-state index contributed by atoms with van der Waals surface area (Å²) in [5, 5.41) is 13.2. The molecule has 0 spiro atoms. The maximum Gasteiger partial charge on any atom is 0.401 e. The third-order valence-corrected chi connectivity index (χ3v) is 5.97. The van der Waals surface area contributed by atoms with Crippen LogP contribution in [0.3, 0.4) is 0 Å². The lowest BCUT2D eigenvalue weighted by Gasteiger charge is -2.41. The van der Waals surface area contributed by atoms with Crippen molar-refractivity contribution in [2.24, 2.45) is 5.92 Å². The molecule has 2 N–H and O–H groups in total. The average Bonchev–Trinajstić information content (AvgIpc) is 2.64. The van der Waals surface area contributed by atoms with E-state index in [4.69, 9.17) is 9.47 Å². The zero-order valence-corrected chi connectivity index (χ0v) is 18.2. The largest absolute Gasteiger partial charge is 0.483 e. The van der Waals surface area contributed by atoms with Gasteiger partial charge in [-0.25, -0.2) is 4.79 Å². The van der Waals surface area contributed by atoms with Crippen molar-refractivity contribution >= 4 is 6.03 Å². The summed E-state index contributed by atoms with van der Waals surface area (Å²) in [7, 11) is 0. The normalized spacial score (nSPS) is 22.4. The number of halogens is 2. The molecule has 0 radical (unpaired) electrons. The van der Waals surface area contributed by atoms with Crippen molar-refractivity contribution in [2.45, 2.75) is 69.8 Å². The van der Waals surface area contributed by atoms with Crippen LogP contribution in [-0.2, 0) is 0 Å². The highest BCUT2D eigenvalue weighted by Crippen LogP contribution is 2.35. The summed E-state index contributed by atoms with van der Waals surface area (Å²) in [6.45, 7) is 7.74. The van der Waals surface area contributed by atoms with E-state index < -0.39 is 18.1 Å². The van der Waals surface area contributed by atoms with Gasteiger partial charge in [0.2, 0.25) is 0 Å². The van der Waals surface area contributed by atoms with Gasteiger partial charge in [0.1, 0.15) is 6.10 Å². The van der Waals surface area contributed by atoms with Crippen LogP contribution in [0.4, 0.5) is 13.6 Å². The predicted octanol–water partition coefficient (Wildman–Crippen LogP) is 4.34. The molecule has 0 atom stereocenters. The molecule has 1 saturated carbocycles. The first-order chi connectivity index (χ1) is 14.6. The van der Waals surface area contributed by atoms with Gasteiger partial charge in [-0.15, -0.1) is 6.58 Å². The molecule has 1 aliphatic heterocycles. The van der Waals surface area contributed by atoms with Crippen molar-refractivity contribution in [1.82, 2.24) is 10.2 Å². The number of aliphatic hydroxyl groups is 1. The Morgan fingerprint density at radius 3 is 2.42 bits per heavy atom. The summed E-state index contributed by atoms with van der Waals surface area (Å²) in [4.78, 5) is 14.1. The van der Waals surface area contributed by atoms with E-state index in [2.05, 4.69) is 11.9 Å². The Balaban J connectivity index is 1.45. The van der Waals surface area contributed by atoms with Crippen LogP contribution in [0.5, 0.6) is 11.5 Å². The second kappa shape index (κ2) is 9.42. The number of likely N-dealkylation sites (tertiary alicyclic amines) is 1. The van der Waals surface area contributed by atoms with E-state index in [1.54, 1.807) is 23.1 Å². The summed E-state index contributed by atoms with van der Waals surface area (Å²) >= 11 is 0. The predicted molar refractivity (Wildman–Crippen MR) is 113 cm³/mol. The molecule has 0 bridgehead atoms. The lowest BCUT2D eigenvalue weighted by Crippen LogP contribution is -2.60. The lowest BCUT2D eigenvalue weighted by molar-refractivity contribution is -0.173. The van der Waals surface area contributed by atoms with Crippen LogP contribution in [0.25, 0.3) is 0 Å². The zero-order valence-electron chi connectivity index (χ0n) is 18.2. The van der Waals surface area contributed by atoms with Gasteiger partial charge in [-0.1, -0.05) is 18.2 Å². The highest BCUT2D eigenvalue weighted by atomic mass is 19.3. The number of urea groups is 1. The molecule has 172 valence electrons. The van der Waals surface area contributed by atoms with Crippen molar-refractivity contribution in [3.8, 4) is 11.5 Å². The highest BCUT2D eigenvalue weighted by Gasteiger charge is 2.37. The summed E-state index contributed by atoms with van der Waals surface area (Å²) in [6, 6.07) is 6.24. The quantitative estimate of drug-likeness (QED) is 0.593. The average molecular weight is 439 g/mol. The summed E-state index contributed by atoms with van der Waals surface area (Å²) in [6.07, 6.45) is 0.307. The SMILES string of the molecule is C=CCC(F)(F)Oc1ccccc1OC1CN(C(=O)NC2CCC(C(C)(C)O)CC2)C1. The van der Waals surface area contributed by atoms with E-state index in [1.807, 2.05) is 13.8 Å². The standard InChI is InChI=1S/C23H32F2N2O4/c1-4-13-23(24,25)31-20-8-6-5-7-19(20)30-18-14-27(15-18)21(28)26-17-11-9-16(10-12-17)22(2,3)29/h4-8,16-18,29H,1,9-15H2,2-3H3,(H,26,28). The Kier molecular flexibility index (Phi) is 7.09. The van der Waals surface area contributed by atoms with Gasteiger partial charge in [0.05, 0.1) is 25.1 Å². The molecule has 2 fully saturated rings. The second-order valence-electron chi connectivity index (χ2n) is 8.98. The van der Waals surface area contributed by atoms with Crippen molar-refractivity contribution in [2.75, 3.05) is 13.1 Å². The molecule has 0 unspecified atom stereocenters. The number of alkyl halides is 2. The van der Waals surface area contributed by atoms with Crippen LogP contribution in [0.1, 0.15) is 46.0 Å². The van der Waals surface area contributed by atoms with Crippen LogP contribution >= 0.6 is 0 Å². The fraction of sp³-hybridized carbons (Fsp3) is 0.609. The van der Waals surface area contributed by atoms with Crippen molar-refractivity contribution in [3.05, 3.63) is 36.9 Å². The minimum atomic E-state index is -3.36. The number of carbonyl (C=O) groups is 1. The van der Waals surface area contributed by atoms with E-state index in [0.29, 0.717) is 13.1 Å². The minimum absolute atomic E-state index is 0.0409. The van der Waals surface area contributed by atoms with Gasteiger partial charge in [-0.3, -0.25) is 0 Å². The first kappa shape index (κ1) is 23.3. The van der Waals surface area contributed by atoms with Gasteiger partial charge in [-0.2, -0.15) is 8.78 Å². The number of rotatable bonds is 8. The van der Waals surface area contributed by atoms with Crippen LogP contribution in [0.15, 0.2) is 36.9 Å². The minimum Gasteiger partial charge on any atom is -0.483 e. The lowest BCUT2D eigenvalue weighted by atomic mass is 9.77. The van der Waals surface area contributed by atoms with Crippen LogP contribution in [-0.4, -0.2) is 53.0 Å². The summed E-state index contributed by atoms with van der Waals surface area (Å²) < 4.78 is 38.2. The summed E-state index contributed by atoms with van der Waals surface area (Å²) in [5.74, 6) is 0.436. The molecule has 8 heteroatoms. The zero-order chi connectivity index (χ0) is 22.6. The van der Waals surface area contributed by atoms with Crippen molar-refractivity contribution in [3.63, 3.8) is 0 Å². The number of carbonyl (C=O) groups excluding carboxylic acids is 1. The summed E-state index contributed by atoms with van der Waals surface area (Å²) in [5.41, 5.74) is -0.688. The number of hydrogen-bond donors (Lipinski definition) is 2. The number of nitrogens with one attached hydrogen (secondary N) is 1. The van der Waals surface area contributed by atoms with Gasteiger partial charge in [0, 0.05) is 6.04 Å². The number of nitrogens with zero attached hydrogens (tertiary/aromatic N) is 1. The van der Waals surface area contributed by atoms with Gasteiger partial charge >= 0.3 is 12.1 Å². The van der Waals surface area contributed by atoms with Gasteiger partial charge in [0.25, 0.3) is 0 Å². The molecule has 1 aromatic rings. The molecule has 1 saturated heterocycles. The van der Waals surface area contributed by atoms with Crippen LogP contribution < -0.4 is 14.8 Å². The number of hydrogen-bond acceptors (Lipinski definition) is 4.